The number of carbonyl (C=O) groups excluding carboxylic acids is 2. The van der Waals surface area contributed by atoms with Gasteiger partial charge in [0.1, 0.15) is 0 Å². The molecular formula is C17H22ClN3O2. The fourth-order valence-electron chi connectivity index (χ4n) is 3.50. The molecule has 1 saturated carbocycles. The lowest BCUT2D eigenvalue weighted by Gasteiger charge is -2.35. The molecule has 0 radical (unpaired) electrons. The van der Waals surface area contributed by atoms with Gasteiger partial charge in [0, 0.05) is 24.7 Å². The van der Waals surface area contributed by atoms with Crippen LogP contribution in [0.3, 0.4) is 0 Å². The lowest BCUT2D eigenvalue weighted by Crippen LogP contribution is -2.47. The average molecular weight is 336 g/mol. The van der Waals surface area contributed by atoms with Crippen LogP contribution < -0.4 is 11.1 Å². The number of amides is 3. The molecule has 1 saturated heterocycles. The minimum Gasteiger partial charge on any atom is -0.352 e. The maximum atomic E-state index is 13.0. The van der Waals surface area contributed by atoms with Crippen molar-refractivity contribution in [3.05, 3.63) is 34.9 Å². The van der Waals surface area contributed by atoms with E-state index in [1.54, 1.807) is 0 Å². The van der Waals surface area contributed by atoms with Crippen molar-refractivity contribution in [2.24, 2.45) is 11.7 Å². The van der Waals surface area contributed by atoms with Crippen LogP contribution in [0.4, 0.5) is 4.79 Å². The van der Waals surface area contributed by atoms with Gasteiger partial charge in [-0.3, -0.25) is 4.79 Å². The Balaban J connectivity index is 1.69. The summed E-state index contributed by atoms with van der Waals surface area (Å²) >= 11 is 6.09. The third-order valence-electron chi connectivity index (χ3n) is 4.91. The number of urea groups is 1. The number of nitrogens with zero attached hydrogens (tertiary/aromatic N) is 1. The monoisotopic (exact) mass is 335 g/mol. The highest BCUT2D eigenvalue weighted by atomic mass is 35.5. The minimum absolute atomic E-state index is 0.198. The Morgan fingerprint density at radius 1 is 1.39 bits per heavy atom. The molecule has 1 atom stereocenters. The zero-order valence-corrected chi connectivity index (χ0v) is 13.8. The van der Waals surface area contributed by atoms with Crippen LogP contribution in [0.25, 0.3) is 0 Å². The van der Waals surface area contributed by atoms with E-state index in [2.05, 4.69) is 5.32 Å². The van der Waals surface area contributed by atoms with Gasteiger partial charge in [-0.25, -0.2) is 4.79 Å². The number of carbonyl (C=O) groups is 2. The van der Waals surface area contributed by atoms with Gasteiger partial charge >= 0.3 is 6.03 Å². The molecule has 2 fully saturated rings. The number of hydrogen-bond acceptors (Lipinski definition) is 2. The highest BCUT2D eigenvalue weighted by Crippen LogP contribution is 2.50. The normalized spacial score (nSPS) is 22.5. The second-order valence-electron chi connectivity index (χ2n) is 6.60. The standard InChI is InChI=1S/C17H22ClN3O2/c18-14-5-1-4-13(9-14)17(6-7-17)15(22)21-8-2-3-12(11-21)10-20-16(19)23/h1,4-5,9,12H,2-3,6-8,10-11H2,(H3,19,20,23)/t12-/m0/s1. The van der Waals surface area contributed by atoms with Gasteiger partial charge in [0.15, 0.2) is 0 Å². The van der Waals surface area contributed by atoms with Gasteiger partial charge in [-0.15, -0.1) is 0 Å². The maximum Gasteiger partial charge on any atom is 0.312 e. The molecule has 6 heteroatoms. The predicted molar refractivity (Wildman–Crippen MR) is 89.3 cm³/mol. The molecule has 0 aromatic heterocycles. The van der Waals surface area contributed by atoms with Crippen molar-refractivity contribution in [2.45, 2.75) is 31.1 Å². The molecule has 1 aliphatic heterocycles. The van der Waals surface area contributed by atoms with Gasteiger partial charge in [-0.05, 0) is 49.3 Å². The zero-order valence-electron chi connectivity index (χ0n) is 13.1. The highest BCUT2D eigenvalue weighted by Gasteiger charge is 2.53. The topological polar surface area (TPSA) is 75.4 Å². The Morgan fingerprint density at radius 2 is 2.17 bits per heavy atom. The van der Waals surface area contributed by atoms with Crippen LogP contribution in [0.2, 0.25) is 5.02 Å². The second-order valence-corrected chi connectivity index (χ2v) is 7.03. The number of halogens is 1. The molecule has 1 heterocycles. The number of hydrogen-bond donors (Lipinski definition) is 2. The maximum absolute atomic E-state index is 13.0. The largest absolute Gasteiger partial charge is 0.352 e. The van der Waals surface area contributed by atoms with E-state index in [1.165, 1.54) is 0 Å². The number of piperidine rings is 1. The van der Waals surface area contributed by atoms with E-state index in [0.717, 1.165) is 37.8 Å². The number of rotatable bonds is 4. The quantitative estimate of drug-likeness (QED) is 0.885. The van der Waals surface area contributed by atoms with Gasteiger partial charge in [-0.1, -0.05) is 23.7 Å². The molecular weight excluding hydrogens is 314 g/mol. The summed E-state index contributed by atoms with van der Waals surface area (Å²) in [5, 5.41) is 3.32. The van der Waals surface area contributed by atoms with Gasteiger partial charge < -0.3 is 16.0 Å². The number of primary amides is 1. The molecule has 124 valence electrons. The fourth-order valence-corrected chi connectivity index (χ4v) is 3.69. The third kappa shape index (κ3) is 3.44. The first-order chi connectivity index (χ1) is 11.0. The van der Waals surface area contributed by atoms with Gasteiger partial charge in [0.05, 0.1) is 5.41 Å². The van der Waals surface area contributed by atoms with Crippen molar-refractivity contribution in [3.63, 3.8) is 0 Å². The molecule has 3 amide bonds. The molecule has 1 aromatic rings. The SMILES string of the molecule is NC(=O)NC[C@@H]1CCCN(C(=O)C2(c3cccc(Cl)c3)CC2)C1. The Morgan fingerprint density at radius 3 is 2.83 bits per heavy atom. The molecule has 0 unspecified atom stereocenters. The molecule has 2 aliphatic rings. The minimum atomic E-state index is -0.508. The van der Waals surface area contributed by atoms with Crippen LogP contribution in [-0.4, -0.2) is 36.5 Å². The Kier molecular flexibility index (Phi) is 4.48. The van der Waals surface area contributed by atoms with E-state index in [-0.39, 0.29) is 17.2 Å². The van der Waals surface area contributed by atoms with E-state index in [1.807, 2.05) is 29.2 Å². The van der Waals surface area contributed by atoms with Gasteiger partial charge in [-0.2, -0.15) is 0 Å². The van der Waals surface area contributed by atoms with Gasteiger partial charge in [0.2, 0.25) is 5.91 Å². The van der Waals surface area contributed by atoms with E-state index in [4.69, 9.17) is 17.3 Å². The van der Waals surface area contributed by atoms with Crippen molar-refractivity contribution in [3.8, 4) is 0 Å². The molecule has 23 heavy (non-hydrogen) atoms. The Hall–Kier alpha value is -1.75. The summed E-state index contributed by atoms with van der Waals surface area (Å²) in [5.41, 5.74) is 5.77. The molecule has 3 N–H and O–H groups in total. The fraction of sp³-hybridized carbons (Fsp3) is 0.529. The van der Waals surface area contributed by atoms with Crippen molar-refractivity contribution in [1.29, 1.82) is 0 Å². The Labute approximate surface area is 141 Å². The van der Waals surface area contributed by atoms with Gasteiger partial charge in [0.25, 0.3) is 0 Å². The first-order valence-electron chi connectivity index (χ1n) is 8.10. The number of benzene rings is 1. The Bertz CT molecular complexity index is 616. The molecule has 1 aliphatic carbocycles. The zero-order chi connectivity index (χ0) is 16.4. The molecule has 5 nitrogen and oxygen atoms in total. The molecule has 1 aromatic carbocycles. The summed E-state index contributed by atoms with van der Waals surface area (Å²) in [4.78, 5) is 25.9. The second kappa shape index (κ2) is 6.40. The third-order valence-corrected chi connectivity index (χ3v) is 5.14. The summed E-state index contributed by atoms with van der Waals surface area (Å²) in [6.07, 6.45) is 3.73. The number of nitrogens with one attached hydrogen (secondary N) is 1. The summed E-state index contributed by atoms with van der Waals surface area (Å²) in [6.45, 7) is 2.00. The molecule has 3 rings (SSSR count). The summed E-state index contributed by atoms with van der Waals surface area (Å²) in [5.74, 6) is 0.471. The van der Waals surface area contributed by atoms with Crippen LogP contribution in [0.1, 0.15) is 31.2 Å². The smallest absolute Gasteiger partial charge is 0.312 e. The van der Waals surface area contributed by atoms with Crippen LogP contribution in [-0.2, 0) is 10.2 Å². The lowest BCUT2D eigenvalue weighted by atomic mass is 9.91. The number of nitrogens with two attached hydrogens (primary N) is 1. The highest BCUT2D eigenvalue weighted by molar-refractivity contribution is 6.30. The summed E-state index contributed by atoms with van der Waals surface area (Å²) in [7, 11) is 0. The lowest BCUT2D eigenvalue weighted by molar-refractivity contribution is -0.135. The number of likely N-dealkylation sites (tertiary alicyclic amines) is 1. The first kappa shape index (κ1) is 16.1. The molecule has 0 bridgehead atoms. The summed E-state index contributed by atoms with van der Waals surface area (Å²) in [6, 6.07) is 7.12. The van der Waals surface area contributed by atoms with Crippen molar-refractivity contribution < 1.29 is 9.59 Å². The van der Waals surface area contributed by atoms with Crippen LogP contribution in [0.15, 0.2) is 24.3 Å². The van der Waals surface area contributed by atoms with E-state index >= 15 is 0 Å². The van der Waals surface area contributed by atoms with Crippen LogP contribution in [0, 0.1) is 5.92 Å². The van der Waals surface area contributed by atoms with Crippen LogP contribution in [0.5, 0.6) is 0 Å². The van der Waals surface area contributed by atoms with E-state index < -0.39 is 6.03 Å². The van der Waals surface area contributed by atoms with Crippen molar-refractivity contribution >= 4 is 23.5 Å². The average Bonchev–Trinajstić information content (AvgIpc) is 3.34. The van der Waals surface area contributed by atoms with Crippen molar-refractivity contribution in [1.82, 2.24) is 10.2 Å². The van der Waals surface area contributed by atoms with E-state index in [9.17, 15) is 9.59 Å². The molecule has 0 spiro atoms. The summed E-state index contributed by atoms with van der Waals surface area (Å²) < 4.78 is 0. The van der Waals surface area contributed by atoms with Crippen molar-refractivity contribution in [2.75, 3.05) is 19.6 Å². The van der Waals surface area contributed by atoms with E-state index in [0.29, 0.717) is 18.1 Å². The van der Waals surface area contributed by atoms with Crippen LogP contribution >= 0.6 is 11.6 Å². The first-order valence-corrected chi connectivity index (χ1v) is 8.48. The predicted octanol–water partition coefficient (Wildman–Crippen LogP) is 2.28.